The van der Waals surface area contributed by atoms with Crippen molar-refractivity contribution >= 4 is 58.6 Å². The molecule has 1 aliphatic carbocycles. The van der Waals surface area contributed by atoms with E-state index in [0.717, 1.165) is 5.56 Å². The number of aliphatic carboxylic acids is 1. The first kappa shape index (κ1) is 28.6. The minimum absolute atomic E-state index is 0.0237. The van der Waals surface area contributed by atoms with Gasteiger partial charge in [0.05, 0.1) is 12.1 Å². The summed E-state index contributed by atoms with van der Waals surface area (Å²) in [5.41, 5.74) is 3.86. The molecule has 2 aliphatic rings. The van der Waals surface area contributed by atoms with E-state index in [1.165, 1.54) is 42.6 Å². The number of hydrogen-bond donors (Lipinski definition) is 2. The molecule has 0 saturated heterocycles. The number of carboxylic acids is 1. The molecule has 0 spiro atoms. The average Bonchev–Trinajstić information content (AvgIpc) is 3.28. The third kappa shape index (κ3) is 6.87. The highest BCUT2D eigenvalue weighted by molar-refractivity contribution is 6.35. The van der Waals surface area contributed by atoms with Crippen LogP contribution in [0, 0.1) is 0 Å². The summed E-state index contributed by atoms with van der Waals surface area (Å²) in [6.07, 6.45) is 7.65. The number of carbonyl (C=O) groups is 3. The van der Waals surface area contributed by atoms with Crippen LogP contribution in [0.2, 0.25) is 10.0 Å². The highest BCUT2D eigenvalue weighted by atomic mass is 35.5. The van der Waals surface area contributed by atoms with Crippen molar-refractivity contribution in [1.82, 2.24) is 5.32 Å². The molecule has 0 unspecified atom stereocenters. The standard InChI is InChI=1S/C32H29Cl2N3O4/c33-25-16-20(17-26(34)19-25)18-28-32(41)37(27-12-10-24(11-13-27)31(40)35-15-14-29(38)39)30(36-28)23-8-6-22(7-9-23)21-4-2-1-3-5-21/h6-13,16-19,21H,1-5,14-15H2,(H,35,40)(H,38,39). The van der Waals surface area contributed by atoms with Crippen LogP contribution < -0.4 is 10.2 Å². The molecule has 41 heavy (non-hydrogen) atoms. The summed E-state index contributed by atoms with van der Waals surface area (Å²) < 4.78 is 0. The van der Waals surface area contributed by atoms with Gasteiger partial charge in [0.2, 0.25) is 0 Å². The summed E-state index contributed by atoms with van der Waals surface area (Å²) in [6, 6.07) is 19.9. The number of amidine groups is 1. The van der Waals surface area contributed by atoms with Crippen molar-refractivity contribution in [2.24, 2.45) is 4.99 Å². The van der Waals surface area contributed by atoms with Crippen molar-refractivity contribution in [3.63, 3.8) is 0 Å². The summed E-state index contributed by atoms with van der Waals surface area (Å²) in [6.45, 7) is 0.0237. The van der Waals surface area contributed by atoms with E-state index in [1.54, 1.807) is 48.5 Å². The molecule has 0 aromatic heterocycles. The van der Waals surface area contributed by atoms with Crippen molar-refractivity contribution < 1.29 is 19.5 Å². The molecular weight excluding hydrogens is 561 g/mol. The lowest BCUT2D eigenvalue weighted by Crippen LogP contribution is -2.32. The van der Waals surface area contributed by atoms with E-state index in [2.05, 4.69) is 17.4 Å². The number of anilines is 1. The van der Waals surface area contributed by atoms with Crippen LogP contribution in [0.4, 0.5) is 5.69 Å². The molecule has 1 saturated carbocycles. The van der Waals surface area contributed by atoms with Crippen LogP contribution in [0.15, 0.2) is 77.4 Å². The van der Waals surface area contributed by atoms with Gasteiger partial charge in [-0.25, -0.2) is 4.99 Å². The normalized spacial score (nSPS) is 16.6. The van der Waals surface area contributed by atoms with Crippen molar-refractivity contribution in [2.75, 3.05) is 11.4 Å². The minimum Gasteiger partial charge on any atom is -0.481 e. The molecule has 7 nitrogen and oxygen atoms in total. The van der Waals surface area contributed by atoms with Crippen molar-refractivity contribution in [2.45, 2.75) is 44.4 Å². The fourth-order valence-electron chi connectivity index (χ4n) is 5.25. The Morgan fingerprint density at radius 3 is 2.24 bits per heavy atom. The zero-order valence-corrected chi connectivity index (χ0v) is 23.8. The first-order valence-corrected chi connectivity index (χ1v) is 14.4. The number of rotatable bonds is 8. The van der Waals surface area contributed by atoms with Crippen molar-refractivity contribution in [3.05, 3.63) is 105 Å². The lowest BCUT2D eigenvalue weighted by Gasteiger charge is -2.23. The van der Waals surface area contributed by atoms with E-state index >= 15 is 0 Å². The lowest BCUT2D eigenvalue weighted by atomic mass is 9.84. The van der Waals surface area contributed by atoms with E-state index in [9.17, 15) is 14.4 Å². The second kappa shape index (κ2) is 12.7. The number of hydrogen-bond acceptors (Lipinski definition) is 4. The molecule has 5 rings (SSSR count). The van der Waals surface area contributed by atoms with Crippen LogP contribution in [0.3, 0.4) is 0 Å². The van der Waals surface area contributed by atoms with Gasteiger partial charge in [0, 0.05) is 27.7 Å². The smallest absolute Gasteiger partial charge is 0.305 e. The highest BCUT2D eigenvalue weighted by Gasteiger charge is 2.33. The first-order valence-electron chi connectivity index (χ1n) is 13.6. The second-order valence-corrected chi connectivity index (χ2v) is 11.1. The third-order valence-electron chi connectivity index (χ3n) is 7.31. The van der Waals surface area contributed by atoms with E-state index in [0.29, 0.717) is 38.6 Å². The van der Waals surface area contributed by atoms with Gasteiger partial charge in [-0.3, -0.25) is 19.3 Å². The Hall–Kier alpha value is -3.94. The Labute approximate surface area is 248 Å². The molecule has 9 heteroatoms. The number of nitrogens with one attached hydrogen (secondary N) is 1. The number of carbonyl (C=O) groups excluding carboxylic acids is 2. The Morgan fingerprint density at radius 2 is 1.61 bits per heavy atom. The van der Waals surface area contributed by atoms with Gasteiger partial charge in [-0.15, -0.1) is 0 Å². The Kier molecular flexibility index (Phi) is 8.86. The quantitative estimate of drug-likeness (QED) is 0.274. The van der Waals surface area contributed by atoms with Crippen molar-refractivity contribution in [3.8, 4) is 0 Å². The molecule has 3 aromatic rings. The zero-order chi connectivity index (χ0) is 28.9. The minimum atomic E-state index is -0.990. The van der Waals surface area contributed by atoms with Gasteiger partial charge < -0.3 is 10.4 Å². The maximum atomic E-state index is 13.7. The summed E-state index contributed by atoms with van der Waals surface area (Å²) in [5.74, 6) is -0.681. The molecule has 1 fully saturated rings. The molecule has 1 heterocycles. The van der Waals surface area contributed by atoms with E-state index in [4.69, 9.17) is 33.3 Å². The molecule has 2 amide bonds. The van der Waals surface area contributed by atoms with Gasteiger partial charge >= 0.3 is 5.97 Å². The number of amides is 2. The molecule has 0 bridgehead atoms. The summed E-state index contributed by atoms with van der Waals surface area (Å²) >= 11 is 12.4. The molecular formula is C32H29Cl2N3O4. The fourth-order valence-corrected chi connectivity index (χ4v) is 5.80. The molecule has 2 N–H and O–H groups in total. The highest BCUT2D eigenvalue weighted by Crippen LogP contribution is 2.34. The molecule has 3 aromatic carbocycles. The average molecular weight is 591 g/mol. The zero-order valence-electron chi connectivity index (χ0n) is 22.3. The SMILES string of the molecule is O=C(O)CCNC(=O)c1ccc(N2C(=O)C(=Cc3cc(Cl)cc(Cl)c3)N=C2c2ccc(C3CCCCC3)cc2)cc1. The summed E-state index contributed by atoms with van der Waals surface area (Å²) in [4.78, 5) is 43.2. The van der Waals surface area contributed by atoms with Gasteiger partial charge in [0.15, 0.2) is 0 Å². The largest absolute Gasteiger partial charge is 0.481 e. The maximum Gasteiger partial charge on any atom is 0.305 e. The molecule has 0 radical (unpaired) electrons. The fraction of sp³-hybridized carbons (Fsp3) is 0.250. The predicted molar refractivity (Wildman–Crippen MR) is 162 cm³/mol. The van der Waals surface area contributed by atoms with E-state index in [-0.39, 0.29) is 24.6 Å². The van der Waals surface area contributed by atoms with Gasteiger partial charge in [-0.05, 0) is 78.4 Å². The topological polar surface area (TPSA) is 99.1 Å². The van der Waals surface area contributed by atoms with Crippen molar-refractivity contribution in [1.29, 1.82) is 0 Å². The number of nitrogens with zero attached hydrogens (tertiary/aromatic N) is 2. The number of halogens is 2. The van der Waals surface area contributed by atoms with Crippen LogP contribution in [0.5, 0.6) is 0 Å². The van der Waals surface area contributed by atoms with Gasteiger partial charge in [-0.1, -0.05) is 66.7 Å². The number of benzene rings is 3. The Morgan fingerprint density at radius 1 is 0.951 bits per heavy atom. The Bertz CT molecular complexity index is 1510. The number of carboxylic acid groups (broad SMARTS) is 1. The lowest BCUT2D eigenvalue weighted by molar-refractivity contribution is -0.136. The van der Waals surface area contributed by atoms with Crippen LogP contribution in [0.1, 0.15) is 71.5 Å². The van der Waals surface area contributed by atoms with E-state index < -0.39 is 11.9 Å². The van der Waals surface area contributed by atoms with Crippen LogP contribution >= 0.6 is 23.2 Å². The van der Waals surface area contributed by atoms with Crippen LogP contribution in [-0.2, 0) is 9.59 Å². The summed E-state index contributed by atoms with van der Waals surface area (Å²) in [7, 11) is 0. The third-order valence-corrected chi connectivity index (χ3v) is 7.74. The van der Waals surface area contributed by atoms with Crippen LogP contribution in [-0.4, -0.2) is 35.3 Å². The number of aliphatic imine (C=N–C) groups is 1. The second-order valence-electron chi connectivity index (χ2n) is 10.2. The van der Waals surface area contributed by atoms with Gasteiger partial charge in [-0.2, -0.15) is 0 Å². The van der Waals surface area contributed by atoms with E-state index in [1.807, 2.05) is 12.1 Å². The molecule has 0 atom stereocenters. The van der Waals surface area contributed by atoms with Gasteiger partial charge in [0.1, 0.15) is 11.5 Å². The maximum absolute atomic E-state index is 13.7. The monoisotopic (exact) mass is 589 g/mol. The van der Waals surface area contributed by atoms with Crippen LogP contribution in [0.25, 0.3) is 6.08 Å². The molecule has 210 valence electrons. The first-order chi connectivity index (χ1) is 19.8. The summed E-state index contributed by atoms with van der Waals surface area (Å²) in [5, 5.41) is 12.3. The molecule has 1 aliphatic heterocycles. The Balaban J connectivity index is 1.46. The van der Waals surface area contributed by atoms with Gasteiger partial charge in [0.25, 0.3) is 11.8 Å². The predicted octanol–water partition coefficient (Wildman–Crippen LogP) is 7.08.